The van der Waals surface area contributed by atoms with Crippen LogP contribution in [0.4, 0.5) is 19.3 Å². The largest absolute Gasteiger partial charge is 0.530 e. The third-order valence-electron chi connectivity index (χ3n) is 7.69. The molecular formula is C28H33F2N5O5. The first kappa shape index (κ1) is 29.3. The molecule has 12 heteroatoms. The zero-order valence-corrected chi connectivity index (χ0v) is 22.4. The van der Waals surface area contributed by atoms with Crippen LogP contribution < -0.4 is 15.3 Å². The van der Waals surface area contributed by atoms with Gasteiger partial charge in [0, 0.05) is 30.4 Å². The Kier molecular flexibility index (Phi) is 9.24. The van der Waals surface area contributed by atoms with Gasteiger partial charge in [-0.3, -0.25) is 4.79 Å². The van der Waals surface area contributed by atoms with Gasteiger partial charge in [0.1, 0.15) is 34.1 Å². The van der Waals surface area contributed by atoms with Crippen molar-refractivity contribution >= 4 is 17.7 Å². The lowest BCUT2D eigenvalue weighted by atomic mass is 9.76. The van der Waals surface area contributed by atoms with Crippen LogP contribution in [0.25, 0.3) is 0 Å². The molecule has 2 aliphatic heterocycles. The van der Waals surface area contributed by atoms with Crippen LogP contribution in [-0.4, -0.2) is 54.5 Å². The summed E-state index contributed by atoms with van der Waals surface area (Å²) in [7, 11) is 0. The molecule has 2 aromatic carbocycles. The lowest BCUT2D eigenvalue weighted by molar-refractivity contribution is -0.276. The molecule has 2 amide bonds. The van der Waals surface area contributed by atoms with E-state index in [1.807, 2.05) is 0 Å². The van der Waals surface area contributed by atoms with Gasteiger partial charge in [-0.15, -0.1) is 0 Å². The third-order valence-corrected chi connectivity index (χ3v) is 7.69. The molecule has 0 radical (unpaired) electrons. The van der Waals surface area contributed by atoms with E-state index in [0.717, 1.165) is 4.90 Å². The number of anilines is 1. The number of halogens is 2. The van der Waals surface area contributed by atoms with E-state index in [2.05, 4.69) is 15.3 Å². The van der Waals surface area contributed by atoms with Crippen molar-refractivity contribution in [1.82, 2.24) is 9.81 Å². The lowest BCUT2D eigenvalue weighted by Crippen LogP contribution is -2.53. The zero-order chi connectivity index (χ0) is 28.9. The van der Waals surface area contributed by atoms with Crippen LogP contribution >= 0.6 is 0 Å². The summed E-state index contributed by atoms with van der Waals surface area (Å²) >= 11 is 0. The van der Waals surface area contributed by atoms with Gasteiger partial charge < -0.3 is 29.6 Å². The number of nitrogens with one attached hydrogen (secondary N) is 2. The second-order valence-corrected chi connectivity index (χ2v) is 10.5. The van der Waals surface area contributed by atoms with Crippen molar-refractivity contribution in [3.8, 4) is 0 Å². The molecule has 0 saturated carbocycles. The number of nitrogens with zero attached hydrogens (tertiary/aromatic N) is 3. The molecule has 40 heavy (non-hydrogen) atoms. The molecule has 2 aromatic rings. The number of rotatable bonds is 9. The van der Waals surface area contributed by atoms with Gasteiger partial charge in [-0.25, -0.2) is 8.78 Å². The summed E-state index contributed by atoms with van der Waals surface area (Å²) in [5.74, 6) is -2.14. The van der Waals surface area contributed by atoms with Crippen molar-refractivity contribution in [3.63, 3.8) is 0 Å². The average Bonchev–Trinajstić information content (AvgIpc) is 3.23. The van der Waals surface area contributed by atoms with E-state index in [1.54, 1.807) is 32.0 Å². The first-order chi connectivity index (χ1) is 19.1. The highest BCUT2D eigenvalue weighted by atomic mass is 19.1. The maximum atomic E-state index is 15.0. The van der Waals surface area contributed by atoms with Crippen LogP contribution in [0.3, 0.4) is 0 Å². The molecule has 2 saturated heterocycles. The Labute approximate surface area is 230 Å². The van der Waals surface area contributed by atoms with Gasteiger partial charge in [0.05, 0.1) is 12.6 Å². The number of amides is 2. The average molecular weight is 558 g/mol. The number of carbonyl (C=O) groups is 2. The fraction of sp³-hybridized carbons (Fsp3) is 0.500. The molecule has 2 aliphatic rings. The Hall–Kier alpha value is -3.73. The summed E-state index contributed by atoms with van der Waals surface area (Å²) in [4.78, 5) is 29.7. The SMILES string of the molecule is CC1(C)OCC(CCc2c(F)cccc2NC(=O)[C@@H](N=[N+]=N)[C@@H](c2ccc(F)cc2)C2CCOCC2)N1C(=O)[O-]. The van der Waals surface area contributed by atoms with Crippen LogP contribution in [-0.2, 0) is 20.7 Å². The standard InChI is InChI=1S/C28H33F2N5O5/c1-28(2)35(27(37)38)20(16-40-28)10-11-21-22(30)4-3-5-23(21)32-26(36)25(33-34-31)24(18-12-14-39-15-13-18)17-6-8-19(29)9-7-17/h3-9,18,20,24-25,31H,10-16H2,1-2H3,(H-,32,36,37,38)/t20?,24-,25-/m0/s1. The normalized spacial score (nSPS) is 20.4. The molecule has 214 valence electrons. The van der Waals surface area contributed by atoms with E-state index in [9.17, 15) is 19.1 Å². The highest BCUT2D eigenvalue weighted by Gasteiger charge is 2.42. The second-order valence-electron chi connectivity index (χ2n) is 10.5. The fourth-order valence-corrected chi connectivity index (χ4v) is 5.73. The molecule has 0 aromatic heterocycles. The number of carboxylic acid groups (broad SMARTS) is 1. The Morgan fingerprint density at radius 3 is 2.55 bits per heavy atom. The summed E-state index contributed by atoms with van der Waals surface area (Å²) in [5.41, 5.74) is 7.41. The molecule has 1 unspecified atom stereocenters. The number of carbonyl (C=O) groups excluding carboxylic acids is 2. The van der Waals surface area contributed by atoms with E-state index >= 15 is 4.39 Å². The van der Waals surface area contributed by atoms with E-state index < -0.39 is 47.4 Å². The van der Waals surface area contributed by atoms with Crippen molar-refractivity contribution in [3.05, 3.63) is 65.2 Å². The quantitative estimate of drug-likeness (QED) is 0.357. The summed E-state index contributed by atoms with van der Waals surface area (Å²) in [6.07, 6.45) is 0.246. The minimum absolute atomic E-state index is 0.0474. The summed E-state index contributed by atoms with van der Waals surface area (Å²) in [6.45, 7) is 4.36. The van der Waals surface area contributed by atoms with E-state index in [4.69, 9.17) is 15.0 Å². The number of hydrogen-bond donors (Lipinski definition) is 2. The van der Waals surface area contributed by atoms with Crippen molar-refractivity contribution < 1.29 is 33.0 Å². The molecule has 10 nitrogen and oxygen atoms in total. The second kappa shape index (κ2) is 12.6. The molecule has 4 rings (SSSR count). The van der Waals surface area contributed by atoms with Crippen molar-refractivity contribution in [2.24, 2.45) is 11.0 Å². The summed E-state index contributed by atoms with van der Waals surface area (Å²) < 4.78 is 39.8. The van der Waals surface area contributed by atoms with Crippen molar-refractivity contribution in [2.45, 2.75) is 63.3 Å². The smallest absolute Gasteiger partial charge is 0.257 e. The first-order valence-electron chi connectivity index (χ1n) is 13.2. The Balaban J connectivity index is 1.59. The van der Waals surface area contributed by atoms with Gasteiger partial charge in [-0.2, -0.15) is 0 Å². The molecule has 2 fully saturated rings. The van der Waals surface area contributed by atoms with Gasteiger partial charge in [-0.1, -0.05) is 18.2 Å². The predicted molar refractivity (Wildman–Crippen MR) is 138 cm³/mol. The van der Waals surface area contributed by atoms with Crippen LogP contribution in [0, 0.1) is 23.1 Å². The van der Waals surface area contributed by atoms with Crippen LogP contribution in [0.15, 0.2) is 47.6 Å². The van der Waals surface area contributed by atoms with Gasteiger partial charge in [0.15, 0.2) is 0 Å². The molecule has 0 bridgehead atoms. The lowest BCUT2D eigenvalue weighted by Gasteiger charge is -2.36. The molecular weight excluding hydrogens is 524 g/mol. The van der Waals surface area contributed by atoms with Crippen molar-refractivity contribution in [1.29, 1.82) is 5.53 Å². The number of ether oxygens (including phenoxy) is 2. The van der Waals surface area contributed by atoms with Gasteiger partial charge in [0.2, 0.25) is 11.0 Å². The van der Waals surface area contributed by atoms with Crippen LogP contribution in [0.2, 0.25) is 0 Å². The molecule has 2 heterocycles. The fourth-order valence-electron chi connectivity index (χ4n) is 5.73. The van der Waals surface area contributed by atoms with Crippen molar-refractivity contribution in [2.75, 3.05) is 25.1 Å². The van der Waals surface area contributed by atoms with E-state index in [0.29, 0.717) is 31.6 Å². The van der Waals surface area contributed by atoms with E-state index in [1.165, 1.54) is 24.3 Å². The number of hydrogen-bond acceptors (Lipinski definition) is 7. The first-order valence-corrected chi connectivity index (χ1v) is 13.2. The van der Waals surface area contributed by atoms with E-state index in [-0.39, 0.29) is 36.6 Å². The maximum Gasteiger partial charge on any atom is 0.257 e. The van der Waals surface area contributed by atoms with Gasteiger partial charge in [0.25, 0.3) is 5.91 Å². The molecule has 3 atom stereocenters. The Morgan fingerprint density at radius 1 is 1.20 bits per heavy atom. The summed E-state index contributed by atoms with van der Waals surface area (Å²) in [6, 6.07) is 8.39. The minimum Gasteiger partial charge on any atom is -0.530 e. The zero-order valence-electron chi connectivity index (χ0n) is 22.4. The number of benzene rings is 2. The summed E-state index contributed by atoms with van der Waals surface area (Å²) in [5, 5.41) is 18.4. The molecule has 0 aliphatic carbocycles. The van der Waals surface area contributed by atoms with Gasteiger partial charge >= 0.3 is 0 Å². The Morgan fingerprint density at radius 2 is 1.90 bits per heavy atom. The highest BCUT2D eigenvalue weighted by molar-refractivity contribution is 5.96. The van der Waals surface area contributed by atoms with Crippen LogP contribution in [0.1, 0.15) is 50.2 Å². The highest BCUT2D eigenvalue weighted by Crippen LogP contribution is 2.37. The predicted octanol–water partition coefficient (Wildman–Crippen LogP) is 3.75. The van der Waals surface area contributed by atoms with Gasteiger partial charge in [-0.05, 0) is 75.3 Å². The van der Waals surface area contributed by atoms with Crippen LogP contribution in [0.5, 0.6) is 0 Å². The Bertz CT molecular complexity index is 1260. The molecule has 2 N–H and O–H groups in total. The monoisotopic (exact) mass is 557 g/mol. The maximum absolute atomic E-state index is 15.0. The topological polar surface area (TPSA) is 141 Å². The molecule has 0 spiro atoms. The minimum atomic E-state index is -1.38. The third kappa shape index (κ3) is 6.52.